The second-order valence-electron chi connectivity index (χ2n) is 3.52. The lowest BCUT2D eigenvalue weighted by atomic mass is 9.82. The van der Waals surface area contributed by atoms with Crippen molar-refractivity contribution in [3.8, 4) is 12.3 Å². The van der Waals surface area contributed by atoms with Gasteiger partial charge in [0.15, 0.2) is 0 Å². The third-order valence-electron chi connectivity index (χ3n) is 1.88. The van der Waals surface area contributed by atoms with Crippen molar-refractivity contribution in [3.63, 3.8) is 0 Å². The molecule has 0 saturated heterocycles. The van der Waals surface area contributed by atoms with Crippen molar-refractivity contribution in [2.24, 2.45) is 17.8 Å². The minimum absolute atomic E-state index is 0.0278. The van der Waals surface area contributed by atoms with Gasteiger partial charge in [0.25, 0.3) is 0 Å². The van der Waals surface area contributed by atoms with Gasteiger partial charge in [0.1, 0.15) is 0 Å². The van der Waals surface area contributed by atoms with Crippen LogP contribution in [0.3, 0.4) is 0 Å². The zero-order valence-corrected chi connectivity index (χ0v) is 7.72. The van der Waals surface area contributed by atoms with E-state index in [9.17, 15) is 4.79 Å². The monoisotopic (exact) mass is 152 g/mol. The summed E-state index contributed by atoms with van der Waals surface area (Å²) in [5, 5.41) is 0. The average molecular weight is 152 g/mol. The first kappa shape index (κ1) is 10.2. The van der Waals surface area contributed by atoms with Crippen LogP contribution in [-0.4, -0.2) is 5.78 Å². The van der Waals surface area contributed by atoms with Gasteiger partial charge in [0.2, 0.25) is 5.78 Å². The van der Waals surface area contributed by atoms with Crippen LogP contribution in [0.1, 0.15) is 27.7 Å². The normalized spacial score (nSPS) is 10.7. The van der Waals surface area contributed by atoms with Crippen LogP contribution in [-0.2, 0) is 4.79 Å². The van der Waals surface area contributed by atoms with Gasteiger partial charge < -0.3 is 0 Å². The van der Waals surface area contributed by atoms with Crippen LogP contribution in [0.15, 0.2) is 0 Å². The Morgan fingerprint density at radius 3 is 1.64 bits per heavy atom. The summed E-state index contributed by atoms with van der Waals surface area (Å²) < 4.78 is 0. The Morgan fingerprint density at radius 1 is 1.18 bits per heavy atom. The number of ketones is 1. The van der Waals surface area contributed by atoms with Gasteiger partial charge in [0.05, 0.1) is 0 Å². The highest BCUT2D eigenvalue weighted by molar-refractivity contribution is 5.97. The fraction of sp³-hybridized carbons (Fsp3) is 0.700. The maximum Gasteiger partial charge on any atom is 0.208 e. The average Bonchev–Trinajstić information content (AvgIpc) is 1.85. The lowest BCUT2D eigenvalue weighted by molar-refractivity contribution is -0.119. The van der Waals surface area contributed by atoms with Crippen molar-refractivity contribution in [1.29, 1.82) is 0 Å². The van der Waals surface area contributed by atoms with E-state index in [2.05, 4.69) is 5.92 Å². The molecule has 11 heavy (non-hydrogen) atoms. The van der Waals surface area contributed by atoms with E-state index >= 15 is 0 Å². The number of hydrogen-bond donors (Lipinski definition) is 0. The van der Waals surface area contributed by atoms with Crippen molar-refractivity contribution in [1.82, 2.24) is 0 Å². The molecule has 0 N–H and O–H groups in total. The van der Waals surface area contributed by atoms with Crippen molar-refractivity contribution < 1.29 is 4.79 Å². The van der Waals surface area contributed by atoms with E-state index in [1.807, 2.05) is 27.7 Å². The summed E-state index contributed by atoms with van der Waals surface area (Å²) in [5.74, 6) is 2.85. The summed E-state index contributed by atoms with van der Waals surface area (Å²) in [7, 11) is 0. The predicted octanol–water partition coefficient (Wildman–Crippen LogP) is 2.12. The van der Waals surface area contributed by atoms with Gasteiger partial charge in [-0.1, -0.05) is 27.7 Å². The van der Waals surface area contributed by atoms with E-state index < -0.39 is 0 Å². The molecular weight excluding hydrogens is 136 g/mol. The Balaban J connectivity index is 4.37. The van der Waals surface area contributed by atoms with E-state index in [1.54, 1.807) is 0 Å². The summed E-state index contributed by atoms with van der Waals surface area (Å²) in [6.07, 6.45) is 5.05. The molecule has 0 atom stereocenters. The molecule has 0 aliphatic heterocycles. The number of hydrogen-bond acceptors (Lipinski definition) is 1. The molecule has 0 aromatic heterocycles. The molecule has 0 unspecified atom stereocenters. The molecule has 0 aromatic carbocycles. The molecule has 0 amide bonds. The third kappa shape index (κ3) is 2.76. The highest BCUT2D eigenvalue weighted by Gasteiger charge is 2.23. The molecule has 0 spiro atoms. The van der Waals surface area contributed by atoms with Gasteiger partial charge in [0, 0.05) is 5.92 Å². The molecule has 0 bridgehead atoms. The largest absolute Gasteiger partial charge is 0.285 e. The van der Waals surface area contributed by atoms with E-state index in [-0.39, 0.29) is 11.7 Å². The van der Waals surface area contributed by atoms with Crippen LogP contribution >= 0.6 is 0 Å². The first-order valence-electron chi connectivity index (χ1n) is 4.01. The molecule has 1 nitrogen and oxygen atoms in total. The summed E-state index contributed by atoms with van der Waals surface area (Å²) in [6.45, 7) is 8.11. The first-order valence-corrected chi connectivity index (χ1v) is 4.01. The summed E-state index contributed by atoms with van der Waals surface area (Å²) in [5.41, 5.74) is 0. The molecule has 0 fully saturated rings. The molecule has 0 saturated carbocycles. The van der Waals surface area contributed by atoms with Gasteiger partial charge in [-0.25, -0.2) is 0 Å². The van der Waals surface area contributed by atoms with Crippen molar-refractivity contribution in [2.75, 3.05) is 0 Å². The van der Waals surface area contributed by atoms with Crippen molar-refractivity contribution in [3.05, 3.63) is 0 Å². The smallest absolute Gasteiger partial charge is 0.208 e. The molecule has 0 heterocycles. The number of terminal acetylenes is 1. The minimum atomic E-state index is -0.0602. The van der Waals surface area contributed by atoms with Crippen molar-refractivity contribution >= 4 is 5.78 Å². The van der Waals surface area contributed by atoms with Crippen LogP contribution in [0.25, 0.3) is 0 Å². The molecule has 0 radical (unpaired) electrons. The van der Waals surface area contributed by atoms with Crippen LogP contribution in [0, 0.1) is 30.1 Å². The van der Waals surface area contributed by atoms with Crippen LogP contribution in [0.2, 0.25) is 0 Å². The molecule has 1 heteroatoms. The Kier molecular flexibility index (Phi) is 3.89. The second kappa shape index (κ2) is 4.18. The minimum Gasteiger partial charge on any atom is -0.285 e. The third-order valence-corrected chi connectivity index (χ3v) is 1.88. The van der Waals surface area contributed by atoms with E-state index in [4.69, 9.17) is 6.42 Å². The molecule has 62 valence electrons. The molecule has 0 aliphatic rings. The topological polar surface area (TPSA) is 17.1 Å². The van der Waals surface area contributed by atoms with Gasteiger partial charge >= 0.3 is 0 Å². The molecule has 0 aliphatic carbocycles. The van der Waals surface area contributed by atoms with Crippen LogP contribution in [0.5, 0.6) is 0 Å². The highest BCUT2D eigenvalue weighted by Crippen LogP contribution is 2.20. The van der Waals surface area contributed by atoms with Crippen LogP contribution < -0.4 is 0 Å². The molecular formula is C10H16O. The molecule has 0 rings (SSSR count). The highest BCUT2D eigenvalue weighted by atomic mass is 16.1. The predicted molar refractivity (Wildman–Crippen MR) is 47.0 cm³/mol. The first-order chi connectivity index (χ1) is 5.00. The van der Waals surface area contributed by atoms with E-state index in [0.717, 1.165) is 0 Å². The Hall–Kier alpha value is -0.770. The van der Waals surface area contributed by atoms with Crippen LogP contribution in [0.4, 0.5) is 0 Å². The Morgan fingerprint density at radius 2 is 1.55 bits per heavy atom. The summed E-state index contributed by atoms with van der Waals surface area (Å²) >= 11 is 0. The fourth-order valence-electron chi connectivity index (χ4n) is 1.47. The Labute approximate surface area is 69.2 Å². The zero-order chi connectivity index (χ0) is 9.02. The lowest BCUT2D eigenvalue weighted by Crippen LogP contribution is -2.24. The number of carbonyl (C=O) groups is 1. The van der Waals surface area contributed by atoms with Gasteiger partial charge in [-0.3, -0.25) is 4.79 Å². The van der Waals surface area contributed by atoms with E-state index in [1.165, 1.54) is 0 Å². The molecule has 0 aromatic rings. The maximum atomic E-state index is 11.2. The zero-order valence-electron chi connectivity index (χ0n) is 7.72. The summed E-state index contributed by atoms with van der Waals surface area (Å²) in [6, 6.07) is 0. The van der Waals surface area contributed by atoms with Gasteiger partial charge in [-0.05, 0) is 17.8 Å². The second-order valence-corrected chi connectivity index (χ2v) is 3.52. The SMILES string of the molecule is C#CC(=O)C(C(C)C)C(C)C. The fourth-order valence-corrected chi connectivity index (χ4v) is 1.47. The maximum absolute atomic E-state index is 11.2. The van der Waals surface area contributed by atoms with Crippen molar-refractivity contribution in [2.45, 2.75) is 27.7 Å². The van der Waals surface area contributed by atoms with Gasteiger partial charge in [-0.2, -0.15) is 0 Å². The lowest BCUT2D eigenvalue weighted by Gasteiger charge is -2.20. The standard InChI is InChI=1S/C10H16O/c1-6-9(11)10(7(2)3)8(4)5/h1,7-8,10H,2-5H3. The van der Waals surface area contributed by atoms with Gasteiger partial charge in [-0.15, -0.1) is 6.42 Å². The summed E-state index contributed by atoms with van der Waals surface area (Å²) in [4.78, 5) is 11.2. The quantitative estimate of drug-likeness (QED) is 0.447. The number of carbonyl (C=O) groups excluding carboxylic acids is 1. The number of rotatable bonds is 3. The number of Topliss-reactive ketones (excluding diaryl/α,β-unsaturated/α-hetero) is 1. The Bertz CT molecular complexity index is 164. The van der Waals surface area contributed by atoms with E-state index in [0.29, 0.717) is 11.8 Å².